The molecule has 0 radical (unpaired) electrons. The Bertz CT molecular complexity index is 575. The molecule has 0 fully saturated rings. The molecule has 2 rings (SSSR count). The van der Waals surface area contributed by atoms with Crippen LogP contribution in [-0.4, -0.2) is 10.2 Å². The molecule has 1 aliphatic rings. The molecule has 0 heterocycles. The molecule has 0 saturated heterocycles. The van der Waals surface area contributed by atoms with Crippen LogP contribution in [0.25, 0.3) is 0 Å². The van der Waals surface area contributed by atoms with Gasteiger partial charge in [0, 0.05) is 11.5 Å². The van der Waals surface area contributed by atoms with Gasteiger partial charge in [-0.2, -0.15) is 0 Å². The predicted molar refractivity (Wildman–Crippen MR) is 97.0 cm³/mol. The van der Waals surface area contributed by atoms with Gasteiger partial charge in [-0.05, 0) is 63.1 Å². The number of allylic oxidation sites excluding steroid dienone is 3. The van der Waals surface area contributed by atoms with Gasteiger partial charge in [-0.1, -0.05) is 43.6 Å². The number of phenols is 2. The number of hydrogen-bond donors (Lipinski definition) is 2. The van der Waals surface area contributed by atoms with Crippen molar-refractivity contribution in [3.8, 4) is 11.5 Å². The summed E-state index contributed by atoms with van der Waals surface area (Å²) >= 11 is 0. The van der Waals surface area contributed by atoms with Crippen molar-refractivity contribution in [3.63, 3.8) is 0 Å². The van der Waals surface area contributed by atoms with Crippen LogP contribution < -0.4 is 0 Å². The van der Waals surface area contributed by atoms with Crippen molar-refractivity contribution < 1.29 is 10.2 Å². The smallest absolute Gasteiger partial charge is 0.123 e. The first-order valence-electron chi connectivity index (χ1n) is 8.81. The van der Waals surface area contributed by atoms with E-state index in [1.165, 1.54) is 18.4 Å². The van der Waals surface area contributed by atoms with Crippen LogP contribution in [0.5, 0.6) is 11.5 Å². The fraction of sp³-hybridized carbons (Fsp3) is 0.524. The minimum absolute atomic E-state index is 0.0194. The summed E-state index contributed by atoms with van der Waals surface area (Å²) < 4.78 is 0. The van der Waals surface area contributed by atoms with Crippen molar-refractivity contribution in [2.45, 2.75) is 65.2 Å². The fourth-order valence-electron chi connectivity index (χ4n) is 3.65. The number of hydrogen-bond acceptors (Lipinski definition) is 2. The monoisotopic (exact) mass is 314 g/mol. The normalized spacial score (nSPS) is 21.1. The summed E-state index contributed by atoms with van der Waals surface area (Å²) in [6, 6.07) is 3.66. The molecule has 0 aromatic heterocycles. The van der Waals surface area contributed by atoms with Crippen molar-refractivity contribution in [3.05, 3.63) is 47.1 Å². The second kappa shape index (κ2) is 7.72. The van der Waals surface area contributed by atoms with Crippen molar-refractivity contribution in [1.29, 1.82) is 0 Å². The van der Waals surface area contributed by atoms with Crippen LogP contribution in [0.1, 0.15) is 69.9 Å². The number of phenolic OH excluding ortho intramolecular Hbond substituents is 2. The maximum Gasteiger partial charge on any atom is 0.123 e. The first-order chi connectivity index (χ1) is 10.9. The summed E-state index contributed by atoms with van der Waals surface area (Å²) in [6.45, 7) is 10.4. The van der Waals surface area contributed by atoms with E-state index < -0.39 is 0 Å². The fourth-order valence-corrected chi connectivity index (χ4v) is 3.65. The molecule has 2 nitrogen and oxygen atoms in total. The average molecular weight is 314 g/mol. The maximum atomic E-state index is 10.5. The Morgan fingerprint density at radius 1 is 1.22 bits per heavy atom. The summed E-state index contributed by atoms with van der Waals surface area (Å²) in [6.07, 6.45) is 8.61. The molecule has 126 valence electrons. The lowest BCUT2D eigenvalue weighted by atomic mass is 9.73. The van der Waals surface area contributed by atoms with Gasteiger partial charge in [0.1, 0.15) is 11.5 Å². The van der Waals surface area contributed by atoms with E-state index >= 15 is 0 Å². The highest BCUT2D eigenvalue weighted by molar-refractivity contribution is 5.51. The Kier molecular flexibility index (Phi) is 5.92. The van der Waals surface area contributed by atoms with Gasteiger partial charge >= 0.3 is 0 Å². The summed E-state index contributed by atoms with van der Waals surface area (Å²) in [5, 5.41) is 21.1. The molecule has 1 unspecified atom stereocenters. The molecule has 0 spiro atoms. The van der Waals surface area contributed by atoms with Crippen LogP contribution in [0.15, 0.2) is 35.9 Å². The number of benzene rings is 1. The van der Waals surface area contributed by atoms with Crippen LogP contribution in [0.4, 0.5) is 0 Å². The van der Waals surface area contributed by atoms with E-state index in [9.17, 15) is 10.2 Å². The Balaban J connectivity index is 2.34. The molecular formula is C21H30O2. The van der Waals surface area contributed by atoms with Crippen LogP contribution in [0.2, 0.25) is 0 Å². The van der Waals surface area contributed by atoms with E-state index in [2.05, 4.69) is 26.5 Å². The number of rotatable bonds is 6. The first-order valence-corrected chi connectivity index (χ1v) is 8.81. The maximum absolute atomic E-state index is 10.5. The lowest BCUT2D eigenvalue weighted by molar-refractivity contribution is 0.406. The minimum atomic E-state index is 0.0194. The van der Waals surface area contributed by atoms with E-state index in [0.717, 1.165) is 36.8 Å². The third kappa shape index (κ3) is 4.19. The summed E-state index contributed by atoms with van der Waals surface area (Å²) in [4.78, 5) is 0. The molecule has 0 bridgehead atoms. The molecule has 1 aliphatic carbocycles. The Labute approximate surface area is 140 Å². The lowest BCUT2D eigenvalue weighted by Gasteiger charge is -2.31. The molecule has 2 heteroatoms. The highest BCUT2D eigenvalue weighted by atomic mass is 16.3. The van der Waals surface area contributed by atoms with Crippen molar-refractivity contribution in [2.24, 2.45) is 5.92 Å². The third-order valence-corrected chi connectivity index (χ3v) is 4.98. The minimum Gasteiger partial charge on any atom is -0.507 e. The van der Waals surface area contributed by atoms with Crippen molar-refractivity contribution in [1.82, 2.24) is 0 Å². The number of aryl methyl sites for hydroxylation is 1. The SMILES string of the molecule is C=C(C)C1CCC(C)=C[C@@H]1c1c(O)cc(CCCCC)cc1O. The topological polar surface area (TPSA) is 40.5 Å². The average Bonchev–Trinajstić information content (AvgIpc) is 2.46. The van der Waals surface area contributed by atoms with Gasteiger partial charge < -0.3 is 10.2 Å². The quantitative estimate of drug-likeness (QED) is 0.511. The molecule has 0 saturated carbocycles. The standard InChI is InChI=1S/C21H30O2/c1-5-6-7-8-16-12-19(22)21(20(23)13-16)18-11-15(4)9-10-17(18)14(2)3/h11-13,17-18,22-23H,2,5-10H2,1,3-4H3/t17?,18-/m0/s1. The Morgan fingerprint density at radius 2 is 1.87 bits per heavy atom. The lowest BCUT2D eigenvalue weighted by Crippen LogP contribution is -2.17. The predicted octanol–water partition coefficient (Wildman–Crippen LogP) is 5.85. The van der Waals surface area contributed by atoms with Gasteiger partial charge in [-0.15, -0.1) is 0 Å². The van der Waals surface area contributed by atoms with Gasteiger partial charge in [0.2, 0.25) is 0 Å². The van der Waals surface area contributed by atoms with Gasteiger partial charge in [-0.3, -0.25) is 0 Å². The zero-order valence-corrected chi connectivity index (χ0v) is 14.7. The van der Waals surface area contributed by atoms with Crippen molar-refractivity contribution >= 4 is 0 Å². The van der Waals surface area contributed by atoms with Crippen LogP contribution >= 0.6 is 0 Å². The zero-order valence-electron chi connectivity index (χ0n) is 14.7. The number of unbranched alkanes of at least 4 members (excludes halogenated alkanes) is 2. The van der Waals surface area contributed by atoms with E-state index in [-0.39, 0.29) is 23.3 Å². The van der Waals surface area contributed by atoms with E-state index in [0.29, 0.717) is 5.56 Å². The molecule has 1 aromatic carbocycles. The van der Waals surface area contributed by atoms with Crippen LogP contribution in [0, 0.1) is 5.92 Å². The summed E-state index contributed by atoms with van der Waals surface area (Å²) in [5.74, 6) is 0.741. The summed E-state index contributed by atoms with van der Waals surface area (Å²) in [5.41, 5.74) is 4.11. The van der Waals surface area contributed by atoms with Crippen molar-refractivity contribution in [2.75, 3.05) is 0 Å². The number of aromatic hydroxyl groups is 2. The third-order valence-electron chi connectivity index (χ3n) is 4.98. The van der Waals surface area contributed by atoms with E-state index in [4.69, 9.17) is 0 Å². The second-order valence-corrected chi connectivity index (χ2v) is 7.04. The molecule has 1 aromatic rings. The van der Waals surface area contributed by atoms with Gasteiger partial charge in [-0.25, -0.2) is 0 Å². The highest BCUT2D eigenvalue weighted by Gasteiger charge is 2.29. The van der Waals surface area contributed by atoms with Crippen LogP contribution in [-0.2, 0) is 6.42 Å². The van der Waals surface area contributed by atoms with E-state index in [1.54, 1.807) is 0 Å². The van der Waals surface area contributed by atoms with Gasteiger partial charge in [0.05, 0.1) is 0 Å². The Hall–Kier alpha value is -1.70. The van der Waals surface area contributed by atoms with E-state index in [1.807, 2.05) is 19.1 Å². The molecule has 2 atom stereocenters. The largest absolute Gasteiger partial charge is 0.507 e. The molecule has 0 aliphatic heterocycles. The van der Waals surface area contributed by atoms with Gasteiger partial charge in [0.15, 0.2) is 0 Å². The molecule has 23 heavy (non-hydrogen) atoms. The summed E-state index contributed by atoms with van der Waals surface area (Å²) in [7, 11) is 0. The molecule has 0 amide bonds. The van der Waals surface area contributed by atoms with Gasteiger partial charge in [0.25, 0.3) is 0 Å². The Morgan fingerprint density at radius 3 is 2.43 bits per heavy atom. The second-order valence-electron chi connectivity index (χ2n) is 7.04. The molecular weight excluding hydrogens is 284 g/mol. The highest BCUT2D eigenvalue weighted by Crippen LogP contribution is 2.46. The van der Waals surface area contributed by atoms with Crippen LogP contribution in [0.3, 0.4) is 0 Å². The molecule has 2 N–H and O–H groups in total. The zero-order chi connectivity index (χ0) is 17.0. The first kappa shape index (κ1) is 17.7.